The molecule has 1 heterocycles. The molecule has 0 saturated heterocycles. The number of oxime groups is 1. The zero-order chi connectivity index (χ0) is 11.8. The number of aromatic nitrogens is 2. The number of hydrogen-bond acceptors (Lipinski definition) is 3. The highest BCUT2D eigenvalue weighted by atomic mass is 16.6. The van der Waals surface area contributed by atoms with E-state index < -0.39 is 0 Å². The number of fused-ring (bicyclic) bond motifs is 1. The summed E-state index contributed by atoms with van der Waals surface area (Å²) in [7, 11) is 0. The molecule has 4 heteroatoms. The van der Waals surface area contributed by atoms with Gasteiger partial charge in [-0.25, -0.2) is 0 Å². The second-order valence-corrected chi connectivity index (χ2v) is 5.14. The molecule has 1 aromatic rings. The minimum atomic E-state index is 0.213. The molecule has 0 amide bonds. The van der Waals surface area contributed by atoms with Crippen LogP contribution >= 0.6 is 0 Å². The molecule has 0 saturated carbocycles. The zero-order valence-electron chi connectivity index (χ0n) is 10.4. The van der Waals surface area contributed by atoms with Crippen molar-refractivity contribution in [3.63, 3.8) is 0 Å². The molecule has 16 heavy (non-hydrogen) atoms. The van der Waals surface area contributed by atoms with E-state index in [9.17, 15) is 0 Å². The second-order valence-electron chi connectivity index (χ2n) is 5.14. The lowest BCUT2D eigenvalue weighted by atomic mass is 9.75. The van der Waals surface area contributed by atoms with Gasteiger partial charge in [-0.05, 0) is 32.1 Å². The third-order valence-corrected chi connectivity index (χ3v) is 2.91. The Labute approximate surface area is 96.1 Å². The minimum absolute atomic E-state index is 0.213. The Bertz CT molecular complexity index is 418. The minimum Gasteiger partial charge on any atom is -0.396 e. The molecule has 0 unspecified atom stereocenters. The molecule has 1 aliphatic rings. The monoisotopic (exact) mass is 221 g/mol. The smallest absolute Gasteiger partial charge is 0.114 e. The summed E-state index contributed by atoms with van der Waals surface area (Å²) in [6.07, 6.45) is 1.94. The van der Waals surface area contributed by atoms with Gasteiger partial charge in [-0.1, -0.05) is 19.0 Å². The second kappa shape index (κ2) is 3.92. The number of H-pyrrole nitrogens is 1. The molecule has 2 rings (SSSR count). The Hall–Kier alpha value is -1.32. The van der Waals surface area contributed by atoms with Crippen molar-refractivity contribution < 1.29 is 4.84 Å². The van der Waals surface area contributed by atoms with Crippen molar-refractivity contribution in [1.82, 2.24) is 10.2 Å². The molecule has 88 valence electrons. The van der Waals surface area contributed by atoms with Gasteiger partial charge in [0.2, 0.25) is 0 Å². The number of rotatable bonds is 2. The third kappa shape index (κ3) is 1.96. The number of hydrogen-bond donors (Lipinski definition) is 1. The number of nitrogens with zero attached hydrogens (tertiary/aromatic N) is 2. The predicted molar refractivity (Wildman–Crippen MR) is 63.6 cm³/mol. The van der Waals surface area contributed by atoms with Gasteiger partial charge in [-0.3, -0.25) is 5.10 Å². The highest BCUT2D eigenvalue weighted by Gasteiger charge is 2.33. The summed E-state index contributed by atoms with van der Waals surface area (Å²) in [6, 6.07) is 0. The fourth-order valence-electron chi connectivity index (χ4n) is 2.27. The molecular weight excluding hydrogens is 202 g/mol. The van der Waals surface area contributed by atoms with Gasteiger partial charge in [0.05, 0.1) is 11.4 Å². The molecule has 4 nitrogen and oxygen atoms in total. The summed E-state index contributed by atoms with van der Waals surface area (Å²) >= 11 is 0. The molecule has 0 radical (unpaired) electrons. The number of aryl methyl sites for hydroxylation is 1. The third-order valence-electron chi connectivity index (χ3n) is 2.91. The highest BCUT2D eigenvalue weighted by Crippen LogP contribution is 2.35. The van der Waals surface area contributed by atoms with Crippen LogP contribution in [0.1, 0.15) is 44.1 Å². The molecule has 0 aromatic carbocycles. The van der Waals surface area contributed by atoms with Gasteiger partial charge in [0, 0.05) is 11.3 Å². The van der Waals surface area contributed by atoms with E-state index in [0.717, 1.165) is 35.5 Å². The number of aromatic amines is 1. The van der Waals surface area contributed by atoms with E-state index in [-0.39, 0.29) is 5.41 Å². The summed E-state index contributed by atoms with van der Waals surface area (Å²) in [5, 5.41) is 11.6. The van der Waals surface area contributed by atoms with Crippen LogP contribution < -0.4 is 0 Å². The van der Waals surface area contributed by atoms with E-state index in [2.05, 4.69) is 29.2 Å². The van der Waals surface area contributed by atoms with Crippen molar-refractivity contribution in [3.05, 3.63) is 17.0 Å². The highest BCUT2D eigenvalue weighted by molar-refractivity contribution is 6.03. The molecule has 1 N–H and O–H groups in total. The Balaban J connectivity index is 2.42. The molecular formula is C12H19N3O. The SMILES string of the molecule is CCON=C1CC(C)(C)Cc2n[nH]c(C)c21. The Morgan fingerprint density at radius 3 is 2.88 bits per heavy atom. The van der Waals surface area contributed by atoms with Gasteiger partial charge in [-0.2, -0.15) is 5.10 Å². The quantitative estimate of drug-likeness (QED) is 0.780. The fraction of sp³-hybridized carbons (Fsp3) is 0.667. The van der Waals surface area contributed by atoms with Gasteiger partial charge in [0.1, 0.15) is 6.61 Å². The summed E-state index contributed by atoms with van der Waals surface area (Å²) < 4.78 is 0. The zero-order valence-corrected chi connectivity index (χ0v) is 10.4. The molecule has 1 aromatic heterocycles. The van der Waals surface area contributed by atoms with Crippen molar-refractivity contribution in [2.75, 3.05) is 6.61 Å². The summed E-state index contributed by atoms with van der Waals surface area (Å²) in [4.78, 5) is 5.19. The van der Waals surface area contributed by atoms with Crippen LogP contribution in [0.25, 0.3) is 0 Å². The average molecular weight is 221 g/mol. The first-order valence-corrected chi connectivity index (χ1v) is 5.76. The summed E-state index contributed by atoms with van der Waals surface area (Å²) in [5.41, 5.74) is 4.60. The predicted octanol–water partition coefficient (Wildman–Crippen LogP) is 2.43. The largest absolute Gasteiger partial charge is 0.396 e. The lowest BCUT2D eigenvalue weighted by molar-refractivity contribution is 0.156. The Kier molecular flexibility index (Phi) is 2.74. The van der Waals surface area contributed by atoms with Gasteiger partial charge in [0.15, 0.2) is 0 Å². The van der Waals surface area contributed by atoms with Crippen LogP contribution in [-0.2, 0) is 11.3 Å². The first-order chi connectivity index (χ1) is 7.53. The van der Waals surface area contributed by atoms with E-state index >= 15 is 0 Å². The van der Waals surface area contributed by atoms with Crippen LogP contribution in [0.4, 0.5) is 0 Å². The van der Waals surface area contributed by atoms with Crippen LogP contribution in [0.3, 0.4) is 0 Å². The average Bonchev–Trinajstić information content (AvgIpc) is 2.55. The Morgan fingerprint density at radius 2 is 2.19 bits per heavy atom. The molecule has 0 spiro atoms. The standard InChI is InChI=1S/C12H19N3O/c1-5-16-15-10-7-12(3,4)6-9-11(10)8(2)13-14-9/h5-7H2,1-4H3,(H,13,14). The van der Waals surface area contributed by atoms with Crippen LogP contribution in [0.5, 0.6) is 0 Å². The fourth-order valence-corrected chi connectivity index (χ4v) is 2.27. The van der Waals surface area contributed by atoms with Crippen LogP contribution in [-0.4, -0.2) is 22.5 Å². The van der Waals surface area contributed by atoms with Crippen molar-refractivity contribution >= 4 is 5.71 Å². The topological polar surface area (TPSA) is 50.3 Å². The van der Waals surface area contributed by atoms with Gasteiger partial charge in [0.25, 0.3) is 0 Å². The van der Waals surface area contributed by atoms with Crippen molar-refractivity contribution in [3.8, 4) is 0 Å². The van der Waals surface area contributed by atoms with Crippen LogP contribution in [0, 0.1) is 12.3 Å². The van der Waals surface area contributed by atoms with Crippen LogP contribution in [0.2, 0.25) is 0 Å². The van der Waals surface area contributed by atoms with Crippen molar-refractivity contribution in [1.29, 1.82) is 0 Å². The summed E-state index contributed by atoms with van der Waals surface area (Å²) in [6.45, 7) is 9.06. The molecule has 0 fully saturated rings. The first kappa shape index (κ1) is 11.2. The van der Waals surface area contributed by atoms with Crippen molar-refractivity contribution in [2.24, 2.45) is 10.6 Å². The lowest BCUT2D eigenvalue weighted by Crippen LogP contribution is -2.27. The molecule has 0 atom stereocenters. The van der Waals surface area contributed by atoms with E-state index in [1.165, 1.54) is 0 Å². The molecule has 1 aliphatic carbocycles. The van der Waals surface area contributed by atoms with E-state index in [1.807, 2.05) is 13.8 Å². The van der Waals surface area contributed by atoms with Crippen LogP contribution in [0.15, 0.2) is 5.16 Å². The maximum Gasteiger partial charge on any atom is 0.114 e. The van der Waals surface area contributed by atoms with E-state index in [4.69, 9.17) is 4.84 Å². The Morgan fingerprint density at radius 1 is 1.44 bits per heavy atom. The summed E-state index contributed by atoms with van der Waals surface area (Å²) in [5.74, 6) is 0. The van der Waals surface area contributed by atoms with E-state index in [1.54, 1.807) is 0 Å². The van der Waals surface area contributed by atoms with Gasteiger partial charge in [-0.15, -0.1) is 0 Å². The van der Waals surface area contributed by atoms with E-state index in [0.29, 0.717) is 6.61 Å². The first-order valence-electron chi connectivity index (χ1n) is 5.76. The maximum atomic E-state index is 5.19. The van der Waals surface area contributed by atoms with Crippen molar-refractivity contribution in [2.45, 2.75) is 40.5 Å². The van der Waals surface area contributed by atoms with Gasteiger partial charge < -0.3 is 4.84 Å². The maximum absolute atomic E-state index is 5.19. The molecule has 0 bridgehead atoms. The lowest BCUT2D eigenvalue weighted by Gasteiger charge is -2.29. The normalized spacial score (nSPS) is 20.9. The number of nitrogens with one attached hydrogen (secondary N) is 1. The van der Waals surface area contributed by atoms with Gasteiger partial charge >= 0.3 is 0 Å². The molecule has 0 aliphatic heterocycles.